The number of hydrogen-bond acceptors (Lipinski definition) is 5. The number of amides is 1. The number of nitrogens with one attached hydrogen (secondary N) is 1. The number of carbonyl (C=O) groups excluding carboxylic acids is 1. The summed E-state index contributed by atoms with van der Waals surface area (Å²) >= 11 is 1.37. The standard InChI is InChI=1S/C19H22N2O4S/c1-15(26-18-10-8-17(9-11-18)21(23)24)19(22)20-12-5-13-25-14-16-6-3-2-4-7-16/h2-4,6-11,15H,5,12-14H2,1H3,(H,20,22). The van der Waals surface area contributed by atoms with Crippen molar-refractivity contribution in [1.29, 1.82) is 0 Å². The van der Waals surface area contributed by atoms with Crippen LogP contribution >= 0.6 is 11.8 Å². The van der Waals surface area contributed by atoms with Gasteiger partial charge in [-0.1, -0.05) is 30.3 Å². The fourth-order valence-electron chi connectivity index (χ4n) is 2.20. The van der Waals surface area contributed by atoms with Crippen molar-refractivity contribution >= 4 is 23.4 Å². The van der Waals surface area contributed by atoms with E-state index >= 15 is 0 Å². The molecule has 2 aromatic carbocycles. The lowest BCUT2D eigenvalue weighted by atomic mass is 10.2. The van der Waals surface area contributed by atoms with E-state index in [1.54, 1.807) is 12.1 Å². The Bertz CT molecular complexity index is 707. The molecule has 0 aliphatic heterocycles. The molecule has 26 heavy (non-hydrogen) atoms. The molecule has 0 aromatic heterocycles. The van der Waals surface area contributed by atoms with Crippen LogP contribution in [0.1, 0.15) is 18.9 Å². The lowest BCUT2D eigenvalue weighted by Gasteiger charge is -2.12. The molecule has 7 heteroatoms. The van der Waals surface area contributed by atoms with Crippen LogP contribution in [0.5, 0.6) is 0 Å². The third kappa shape index (κ3) is 6.85. The monoisotopic (exact) mass is 374 g/mol. The number of non-ortho nitro benzene ring substituents is 1. The summed E-state index contributed by atoms with van der Waals surface area (Å²) in [6.45, 7) is 3.52. The van der Waals surface area contributed by atoms with Gasteiger partial charge in [-0.05, 0) is 31.0 Å². The maximum Gasteiger partial charge on any atom is 0.269 e. The highest BCUT2D eigenvalue weighted by molar-refractivity contribution is 8.00. The van der Waals surface area contributed by atoms with Crippen molar-refractivity contribution in [3.63, 3.8) is 0 Å². The molecule has 2 rings (SSSR count). The van der Waals surface area contributed by atoms with E-state index in [0.717, 1.165) is 16.9 Å². The number of rotatable bonds is 10. The van der Waals surface area contributed by atoms with Crippen molar-refractivity contribution in [1.82, 2.24) is 5.32 Å². The molecule has 6 nitrogen and oxygen atoms in total. The molecule has 0 radical (unpaired) electrons. The predicted octanol–water partition coefficient (Wildman–Crippen LogP) is 3.80. The second-order valence-corrected chi connectivity index (χ2v) is 7.11. The number of nitro groups is 1. The number of nitro benzene ring substituents is 1. The summed E-state index contributed by atoms with van der Waals surface area (Å²) in [6.07, 6.45) is 0.744. The molecule has 0 heterocycles. The largest absolute Gasteiger partial charge is 0.377 e. The van der Waals surface area contributed by atoms with E-state index in [9.17, 15) is 14.9 Å². The van der Waals surface area contributed by atoms with Gasteiger partial charge < -0.3 is 10.1 Å². The average Bonchev–Trinajstić information content (AvgIpc) is 2.65. The topological polar surface area (TPSA) is 81.5 Å². The van der Waals surface area contributed by atoms with Crippen molar-refractivity contribution in [3.05, 3.63) is 70.3 Å². The molecular formula is C19H22N2O4S. The molecule has 1 atom stereocenters. The van der Waals surface area contributed by atoms with Crippen molar-refractivity contribution in [2.45, 2.75) is 30.1 Å². The number of hydrogen-bond donors (Lipinski definition) is 1. The predicted molar refractivity (Wildman–Crippen MR) is 102 cm³/mol. The van der Waals surface area contributed by atoms with Gasteiger partial charge in [0.05, 0.1) is 16.8 Å². The molecule has 0 spiro atoms. The Morgan fingerprint density at radius 1 is 1.19 bits per heavy atom. The van der Waals surface area contributed by atoms with Gasteiger partial charge in [-0.25, -0.2) is 0 Å². The third-order valence-corrected chi connectivity index (χ3v) is 4.72. The lowest BCUT2D eigenvalue weighted by molar-refractivity contribution is -0.384. The summed E-state index contributed by atoms with van der Waals surface area (Å²) in [5.41, 5.74) is 1.17. The van der Waals surface area contributed by atoms with Crippen LogP contribution in [0.3, 0.4) is 0 Å². The molecule has 2 aromatic rings. The zero-order valence-electron chi connectivity index (χ0n) is 14.6. The van der Waals surface area contributed by atoms with E-state index in [2.05, 4.69) is 5.32 Å². The highest BCUT2D eigenvalue weighted by Gasteiger charge is 2.14. The minimum Gasteiger partial charge on any atom is -0.377 e. The minimum absolute atomic E-state index is 0.0435. The SMILES string of the molecule is CC(Sc1ccc([N+](=O)[O-])cc1)C(=O)NCCCOCc1ccccc1. The first-order chi connectivity index (χ1) is 12.6. The number of thioether (sulfide) groups is 1. The van der Waals surface area contributed by atoms with Gasteiger partial charge in [-0.2, -0.15) is 0 Å². The Hall–Kier alpha value is -2.38. The molecule has 1 N–H and O–H groups in total. The first-order valence-electron chi connectivity index (χ1n) is 8.37. The van der Waals surface area contributed by atoms with E-state index < -0.39 is 4.92 Å². The highest BCUT2D eigenvalue weighted by Crippen LogP contribution is 2.25. The minimum atomic E-state index is -0.440. The quantitative estimate of drug-likeness (QED) is 0.296. The average molecular weight is 374 g/mol. The fraction of sp³-hybridized carbons (Fsp3) is 0.316. The van der Waals surface area contributed by atoms with Gasteiger partial charge in [0.15, 0.2) is 0 Å². The maximum atomic E-state index is 12.1. The molecule has 0 bridgehead atoms. The summed E-state index contributed by atoms with van der Waals surface area (Å²) in [5.74, 6) is -0.0589. The van der Waals surface area contributed by atoms with Gasteiger partial charge in [-0.15, -0.1) is 11.8 Å². The van der Waals surface area contributed by atoms with E-state index in [4.69, 9.17) is 4.74 Å². The van der Waals surface area contributed by atoms with Crippen molar-refractivity contribution in [2.75, 3.05) is 13.2 Å². The Labute approximate surface area is 157 Å². The first kappa shape index (κ1) is 19.9. The zero-order chi connectivity index (χ0) is 18.8. The summed E-state index contributed by atoms with van der Waals surface area (Å²) in [6, 6.07) is 16.1. The van der Waals surface area contributed by atoms with Crippen LogP contribution in [0.4, 0.5) is 5.69 Å². The van der Waals surface area contributed by atoms with Gasteiger partial charge in [-0.3, -0.25) is 14.9 Å². The van der Waals surface area contributed by atoms with Crippen LogP contribution in [-0.4, -0.2) is 29.2 Å². The summed E-state index contributed by atoms with van der Waals surface area (Å²) in [7, 11) is 0. The van der Waals surface area contributed by atoms with Gasteiger partial charge in [0.25, 0.3) is 5.69 Å². The summed E-state index contributed by atoms with van der Waals surface area (Å²) in [4.78, 5) is 23.1. The van der Waals surface area contributed by atoms with E-state index in [0.29, 0.717) is 19.8 Å². The molecule has 0 aliphatic carbocycles. The summed E-state index contributed by atoms with van der Waals surface area (Å²) < 4.78 is 5.58. The molecule has 0 fully saturated rings. The fourth-order valence-corrected chi connectivity index (χ4v) is 3.09. The number of carbonyl (C=O) groups is 1. The molecule has 0 saturated carbocycles. The molecule has 0 saturated heterocycles. The van der Waals surface area contributed by atoms with Crippen LogP contribution in [0.2, 0.25) is 0 Å². The Morgan fingerprint density at radius 2 is 1.88 bits per heavy atom. The van der Waals surface area contributed by atoms with Gasteiger partial charge >= 0.3 is 0 Å². The molecule has 0 aliphatic rings. The Kier molecular flexibility index (Phi) is 8.11. The third-order valence-electron chi connectivity index (χ3n) is 3.61. The molecule has 1 unspecified atom stereocenters. The van der Waals surface area contributed by atoms with Gasteiger partial charge in [0, 0.05) is 30.2 Å². The van der Waals surface area contributed by atoms with Gasteiger partial charge in [0.2, 0.25) is 5.91 Å². The van der Waals surface area contributed by atoms with Crippen molar-refractivity contribution < 1.29 is 14.5 Å². The van der Waals surface area contributed by atoms with Crippen LogP contribution in [0.25, 0.3) is 0 Å². The van der Waals surface area contributed by atoms with Crippen LogP contribution in [0.15, 0.2) is 59.5 Å². The highest BCUT2D eigenvalue weighted by atomic mass is 32.2. The Balaban J connectivity index is 1.61. The number of nitrogens with zero attached hydrogens (tertiary/aromatic N) is 1. The first-order valence-corrected chi connectivity index (χ1v) is 9.24. The van der Waals surface area contributed by atoms with Crippen LogP contribution in [-0.2, 0) is 16.1 Å². The van der Waals surface area contributed by atoms with Gasteiger partial charge in [0.1, 0.15) is 0 Å². The zero-order valence-corrected chi connectivity index (χ0v) is 15.4. The van der Waals surface area contributed by atoms with E-state index in [1.807, 2.05) is 37.3 Å². The molecule has 1 amide bonds. The normalized spacial score (nSPS) is 11.7. The lowest BCUT2D eigenvalue weighted by Crippen LogP contribution is -2.32. The molecule has 138 valence electrons. The van der Waals surface area contributed by atoms with E-state index in [-0.39, 0.29) is 16.8 Å². The van der Waals surface area contributed by atoms with Crippen LogP contribution in [0, 0.1) is 10.1 Å². The van der Waals surface area contributed by atoms with E-state index in [1.165, 1.54) is 23.9 Å². The van der Waals surface area contributed by atoms with Crippen molar-refractivity contribution in [2.24, 2.45) is 0 Å². The maximum absolute atomic E-state index is 12.1. The number of ether oxygens (including phenoxy) is 1. The smallest absolute Gasteiger partial charge is 0.269 e. The summed E-state index contributed by atoms with van der Waals surface area (Å²) in [5, 5.41) is 13.2. The van der Waals surface area contributed by atoms with Crippen molar-refractivity contribution in [3.8, 4) is 0 Å². The number of benzene rings is 2. The second kappa shape index (κ2) is 10.6. The Morgan fingerprint density at radius 3 is 2.54 bits per heavy atom. The van der Waals surface area contributed by atoms with Crippen LogP contribution < -0.4 is 5.32 Å². The second-order valence-electron chi connectivity index (χ2n) is 5.69. The molecular weight excluding hydrogens is 352 g/mol.